The van der Waals surface area contributed by atoms with Crippen molar-refractivity contribution in [2.75, 3.05) is 7.11 Å². The summed E-state index contributed by atoms with van der Waals surface area (Å²) >= 11 is 6.01. The van der Waals surface area contributed by atoms with Crippen molar-refractivity contribution < 1.29 is 19.3 Å². The second-order valence-corrected chi connectivity index (χ2v) is 6.80. The van der Waals surface area contributed by atoms with Crippen LogP contribution in [0, 0.1) is 27.2 Å². The summed E-state index contributed by atoms with van der Waals surface area (Å²) in [6, 6.07) is 13.4. The van der Waals surface area contributed by atoms with E-state index in [0.717, 1.165) is 17.7 Å². The molecule has 9 nitrogen and oxygen atoms in total. The van der Waals surface area contributed by atoms with Gasteiger partial charge in [0.1, 0.15) is 0 Å². The summed E-state index contributed by atoms with van der Waals surface area (Å²) in [5.74, 6) is 0.361. The average molecular weight is 442 g/mol. The fourth-order valence-electron chi connectivity index (χ4n) is 2.68. The molecule has 0 radical (unpaired) electrons. The van der Waals surface area contributed by atoms with Gasteiger partial charge < -0.3 is 9.47 Å². The molecule has 0 aliphatic heterocycles. The number of nitro benzene ring substituents is 2. The highest BCUT2D eigenvalue weighted by Crippen LogP contribution is 2.38. The highest BCUT2D eigenvalue weighted by molar-refractivity contribution is 6.30. The van der Waals surface area contributed by atoms with E-state index >= 15 is 0 Å². The lowest BCUT2D eigenvalue weighted by atomic mass is 10.2. The molecule has 0 spiro atoms. The van der Waals surface area contributed by atoms with Crippen LogP contribution in [0.2, 0.25) is 5.02 Å². The number of nitrogens with zero attached hydrogens (tertiary/aromatic N) is 3. The number of methoxy groups -OCH3 is 1. The van der Waals surface area contributed by atoms with E-state index in [-0.39, 0.29) is 11.5 Å². The third-order valence-corrected chi connectivity index (χ3v) is 4.52. The topological polar surface area (TPSA) is 117 Å². The highest BCUT2D eigenvalue weighted by atomic mass is 35.5. The predicted molar refractivity (Wildman–Crippen MR) is 116 cm³/mol. The third-order valence-electron chi connectivity index (χ3n) is 4.28. The fraction of sp³-hybridized carbons (Fsp3) is 0.0952. The molecule has 0 saturated carbocycles. The van der Waals surface area contributed by atoms with Crippen molar-refractivity contribution >= 4 is 34.9 Å². The number of hydrogen-bond donors (Lipinski definition) is 0. The number of ether oxygens (including phenoxy) is 2. The first-order chi connectivity index (χ1) is 14.8. The molecule has 0 unspecified atom stereocenters. The average Bonchev–Trinajstić information content (AvgIpc) is 2.75. The zero-order chi connectivity index (χ0) is 22.5. The molecule has 0 fully saturated rings. The Hall–Kier alpha value is -3.98. The van der Waals surface area contributed by atoms with Crippen molar-refractivity contribution in [2.24, 2.45) is 4.99 Å². The molecule has 0 bridgehead atoms. The molecule has 0 aliphatic rings. The van der Waals surface area contributed by atoms with Crippen molar-refractivity contribution in [3.63, 3.8) is 0 Å². The Bertz CT molecular complexity index is 1200. The normalized spacial score (nSPS) is 10.8. The molecule has 0 N–H and O–H groups in total. The molecule has 0 atom stereocenters. The van der Waals surface area contributed by atoms with Gasteiger partial charge in [0, 0.05) is 17.3 Å². The minimum atomic E-state index is -0.747. The van der Waals surface area contributed by atoms with E-state index in [9.17, 15) is 20.2 Å². The minimum absolute atomic E-state index is 0.148. The lowest BCUT2D eigenvalue weighted by Gasteiger charge is -2.11. The Morgan fingerprint density at radius 2 is 1.68 bits per heavy atom. The molecule has 158 valence electrons. The molecule has 0 aromatic heterocycles. The maximum Gasteiger partial charge on any atom is 0.318 e. The molecule has 3 rings (SSSR count). The van der Waals surface area contributed by atoms with E-state index in [1.807, 2.05) is 13.0 Å². The number of rotatable bonds is 7. The van der Waals surface area contributed by atoms with Crippen molar-refractivity contribution in [1.29, 1.82) is 0 Å². The Balaban J connectivity index is 1.90. The molecule has 3 aromatic carbocycles. The van der Waals surface area contributed by atoms with Gasteiger partial charge in [-0.2, -0.15) is 0 Å². The van der Waals surface area contributed by atoms with Crippen LogP contribution in [0.15, 0.2) is 59.6 Å². The molecular weight excluding hydrogens is 426 g/mol. The number of benzene rings is 3. The van der Waals surface area contributed by atoms with E-state index in [1.54, 1.807) is 36.5 Å². The summed E-state index contributed by atoms with van der Waals surface area (Å²) < 4.78 is 11.0. The number of non-ortho nitro benzene ring substituents is 1. The van der Waals surface area contributed by atoms with E-state index in [4.69, 9.17) is 21.1 Å². The number of aliphatic imine (C=N–C) groups is 1. The van der Waals surface area contributed by atoms with E-state index in [2.05, 4.69) is 4.99 Å². The van der Waals surface area contributed by atoms with Gasteiger partial charge in [0.2, 0.25) is 5.75 Å². The smallest absolute Gasteiger partial charge is 0.318 e. The summed E-state index contributed by atoms with van der Waals surface area (Å²) in [6.45, 7) is 1.91. The van der Waals surface area contributed by atoms with Gasteiger partial charge in [-0.15, -0.1) is 0 Å². The van der Waals surface area contributed by atoms with E-state index in [0.29, 0.717) is 22.0 Å². The summed E-state index contributed by atoms with van der Waals surface area (Å²) in [5.41, 5.74) is 1.43. The van der Waals surface area contributed by atoms with Crippen LogP contribution in [0.3, 0.4) is 0 Å². The summed E-state index contributed by atoms with van der Waals surface area (Å²) in [7, 11) is 1.43. The van der Waals surface area contributed by atoms with E-state index < -0.39 is 21.2 Å². The third kappa shape index (κ3) is 5.14. The lowest BCUT2D eigenvalue weighted by Crippen LogP contribution is -1.97. The molecule has 31 heavy (non-hydrogen) atoms. The summed E-state index contributed by atoms with van der Waals surface area (Å²) in [6.07, 6.45) is 1.62. The van der Waals surface area contributed by atoms with Crippen LogP contribution < -0.4 is 9.47 Å². The number of halogens is 1. The number of nitro groups is 2. The Morgan fingerprint density at radius 1 is 0.935 bits per heavy atom. The van der Waals surface area contributed by atoms with Crippen molar-refractivity contribution in [1.82, 2.24) is 0 Å². The van der Waals surface area contributed by atoms with E-state index in [1.165, 1.54) is 13.2 Å². The molecular formula is C21H16ClN3O6. The molecule has 0 heterocycles. The van der Waals surface area contributed by atoms with Gasteiger partial charge >= 0.3 is 5.69 Å². The van der Waals surface area contributed by atoms with Gasteiger partial charge in [0.05, 0.1) is 28.7 Å². The fourth-order valence-corrected chi connectivity index (χ4v) is 2.85. The first-order valence-electron chi connectivity index (χ1n) is 8.87. The van der Waals surface area contributed by atoms with Crippen LogP contribution in [0.1, 0.15) is 11.1 Å². The zero-order valence-electron chi connectivity index (χ0n) is 16.4. The zero-order valence-corrected chi connectivity index (χ0v) is 17.2. The van der Waals surface area contributed by atoms with Gasteiger partial charge in [-0.1, -0.05) is 17.7 Å². The molecule has 0 amide bonds. The second-order valence-electron chi connectivity index (χ2n) is 6.37. The SMILES string of the molecule is COc1cc(C=Nc2cc(Cl)ccc2C)ccc1Oc1ccc([N+](=O)[O-])cc1[N+](=O)[O-]. The van der Waals surface area contributed by atoms with Gasteiger partial charge in [-0.3, -0.25) is 25.2 Å². The first-order valence-corrected chi connectivity index (χ1v) is 9.25. The van der Waals surface area contributed by atoms with Crippen LogP contribution in [-0.4, -0.2) is 23.2 Å². The summed E-state index contributed by atoms with van der Waals surface area (Å²) in [5, 5.41) is 22.8. The minimum Gasteiger partial charge on any atom is -0.493 e. The van der Waals surface area contributed by atoms with Gasteiger partial charge in [-0.25, -0.2) is 0 Å². The quantitative estimate of drug-likeness (QED) is 0.251. The molecule has 0 saturated heterocycles. The Morgan fingerprint density at radius 3 is 2.35 bits per heavy atom. The van der Waals surface area contributed by atoms with Gasteiger partial charge in [0.25, 0.3) is 5.69 Å². The Labute approximate surface area is 181 Å². The van der Waals surface area contributed by atoms with Crippen molar-refractivity contribution in [3.8, 4) is 17.2 Å². The van der Waals surface area contributed by atoms with Gasteiger partial charge in [-0.05, 0) is 54.4 Å². The number of hydrogen-bond acceptors (Lipinski definition) is 7. The van der Waals surface area contributed by atoms with Crippen molar-refractivity contribution in [3.05, 3.63) is 91.0 Å². The van der Waals surface area contributed by atoms with Crippen LogP contribution >= 0.6 is 11.6 Å². The first kappa shape index (κ1) is 21.7. The number of aryl methyl sites for hydroxylation is 1. The van der Waals surface area contributed by atoms with Crippen LogP contribution in [0.4, 0.5) is 17.1 Å². The van der Waals surface area contributed by atoms with Crippen LogP contribution in [0.5, 0.6) is 17.2 Å². The Kier molecular flexibility index (Phi) is 6.46. The maximum atomic E-state index is 11.3. The predicted octanol–water partition coefficient (Wildman–Crippen LogP) is 6.02. The van der Waals surface area contributed by atoms with Crippen LogP contribution in [-0.2, 0) is 0 Å². The standard InChI is InChI=1S/C21H16ClN3O6/c1-13-3-5-15(22)10-17(13)23-12-14-4-7-20(21(9-14)30-2)31-19-8-6-16(24(26)27)11-18(19)25(28)29/h3-12H,1-2H3. The molecule has 0 aliphatic carbocycles. The molecule has 10 heteroatoms. The van der Waals surface area contributed by atoms with Gasteiger partial charge in [0.15, 0.2) is 11.5 Å². The molecule has 3 aromatic rings. The maximum absolute atomic E-state index is 11.3. The highest BCUT2D eigenvalue weighted by Gasteiger charge is 2.22. The lowest BCUT2D eigenvalue weighted by molar-refractivity contribution is -0.394. The van der Waals surface area contributed by atoms with Crippen LogP contribution in [0.25, 0.3) is 0 Å². The largest absolute Gasteiger partial charge is 0.493 e. The van der Waals surface area contributed by atoms with Crippen molar-refractivity contribution in [2.45, 2.75) is 6.92 Å². The summed E-state index contributed by atoms with van der Waals surface area (Å²) in [4.78, 5) is 25.2. The monoisotopic (exact) mass is 441 g/mol. The second kappa shape index (κ2) is 9.23.